The number of rotatable bonds is 6. The SMILES string of the molecule is C[C@@H]1CC[C@H](C)N1C(=O)c1ccc([C@@H](C)NC(=O)C2(NC(=O)c3cc(F)c(F)c(F)c3)CC2)c(F)c1. The number of hydrogen-bond acceptors (Lipinski definition) is 3. The molecule has 3 amide bonds. The van der Waals surface area contributed by atoms with Crippen LogP contribution in [0.25, 0.3) is 0 Å². The molecule has 2 N–H and O–H groups in total. The third kappa shape index (κ3) is 4.81. The molecule has 6 nitrogen and oxygen atoms in total. The number of halogens is 4. The second-order valence-electron chi connectivity index (χ2n) is 9.71. The summed E-state index contributed by atoms with van der Waals surface area (Å²) in [5, 5.41) is 5.09. The quantitative estimate of drug-likeness (QED) is 0.452. The Balaban J connectivity index is 1.43. The second-order valence-corrected chi connectivity index (χ2v) is 9.71. The summed E-state index contributed by atoms with van der Waals surface area (Å²) in [4.78, 5) is 40.0. The lowest BCUT2D eigenvalue weighted by Gasteiger charge is -2.27. The highest BCUT2D eigenvalue weighted by Gasteiger charge is 2.51. The van der Waals surface area contributed by atoms with Crippen LogP contribution in [0, 0.1) is 23.3 Å². The third-order valence-corrected chi connectivity index (χ3v) is 7.03. The molecule has 0 unspecified atom stereocenters. The Morgan fingerprint density at radius 2 is 1.47 bits per heavy atom. The van der Waals surface area contributed by atoms with E-state index in [2.05, 4.69) is 10.6 Å². The molecule has 1 heterocycles. The van der Waals surface area contributed by atoms with Gasteiger partial charge in [-0.15, -0.1) is 0 Å². The lowest BCUT2D eigenvalue weighted by molar-refractivity contribution is -0.124. The molecule has 2 aromatic carbocycles. The molecule has 1 saturated heterocycles. The first-order valence-corrected chi connectivity index (χ1v) is 11.8. The predicted molar refractivity (Wildman–Crippen MR) is 123 cm³/mol. The van der Waals surface area contributed by atoms with Crippen LogP contribution in [0.2, 0.25) is 0 Å². The van der Waals surface area contributed by atoms with Crippen LogP contribution < -0.4 is 10.6 Å². The third-order valence-electron chi connectivity index (χ3n) is 7.03. The van der Waals surface area contributed by atoms with Crippen LogP contribution >= 0.6 is 0 Å². The Bertz CT molecular complexity index is 1200. The fourth-order valence-corrected chi connectivity index (χ4v) is 4.68. The molecule has 192 valence electrons. The minimum absolute atomic E-state index is 0.0706. The first-order valence-electron chi connectivity index (χ1n) is 11.8. The van der Waals surface area contributed by atoms with Crippen molar-refractivity contribution in [1.29, 1.82) is 0 Å². The highest BCUT2D eigenvalue weighted by atomic mass is 19.2. The minimum atomic E-state index is -1.70. The van der Waals surface area contributed by atoms with Gasteiger partial charge >= 0.3 is 0 Å². The number of nitrogens with zero attached hydrogens (tertiary/aromatic N) is 1. The van der Waals surface area contributed by atoms with Crippen LogP contribution in [0.5, 0.6) is 0 Å². The number of carbonyl (C=O) groups excluding carboxylic acids is 3. The van der Waals surface area contributed by atoms with Crippen molar-refractivity contribution in [2.45, 2.75) is 70.1 Å². The van der Waals surface area contributed by atoms with Gasteiger partial charge in [0.25, 0.3) is 11.8 Å². The number of likely N-dealkylation sites (tertiary alicyclic amines) is 1. The van der Waals surface area contributed by atoms with Gasteiger partial charge in [0.1, 0.15) is 11.4 Å². The number of nitrogens with one attached hydrogen (secondary N) is 2. The Hall–Kier alpha value is -3.43. The summed E-state index contributed by atoms with van der Waals surface area (Å²) in [5.74, 6) is -7.16. The first-order chi connectivity index (χ1) is 16.9. The van der Waals surface area contributed by atoms with E-state index in [4.69, 9.17) is 0 Å². The molecule has 2 fully saturated rings. The number of carbonyl (C=O) groups is 3. The average molecular weight is 506 g/mol. The fourth-order valence-electron chi connectivity index (χ4n) is 4.68. The van der Waals surface area contributed by atoms with Crippen molar-refractivity contribution in [3.63, 3.8) is 0 Å². The molecule has 0 bridgehead atoms. The summed E-state index contributed by atoms with van der Waals surface area (Å²) < 4.78 is 55.1. The predicted octanol–water partition coefficient (Wildman–Crippen LogP) is 4.40. The van der Waals surface area contributed by atoms with Crippen LogP contribution in [-0.4, -0.2) is 40.2 Å². The lowest BCUT2D eigenvalue weighted by Crippen LogP contribution is -2.49. The van der Waals surface area contributed by atoms with Crippen molar-refractivity contribution < 1.29 is 31.9 Å². The number of benzene rings is 2. The van der Waals surface area contributed by atoms with E-state index in [9.17, 15) is 31.9 Å². The van der Waals surface area contributed by atoms with Crippen molar-refractivity contribution in [2.24, 2.45) is 0 Å². The molecule has 2 aromatic rings. The van der Waals surface area contributed by atoms with E-state index < -0.39 is 52.2 Å². The zero-order chi connectivity index (χ0) is 26.4. The molecule has 2 aliphatic rings. The van der Waals surface area contributed by atoms with Crippen LogP contribution in [0.1, 0.15) is 78.8 Å². The van der Waals surface area contributed by atoms with Crippen molar-refractivity contribution in [3.8, 4) is 0 Å². The van der Waals surface area contributed by atoms with E-state index in [1.54, 1.807) is 11.8 Å². The Morgan fingerprint density at radius 1 is 0.917 bits per heavy atom. The molecule has 3 atom stereocenters. The molecule has 0 aromatic heterocycles. The van der Waals surface area contributed by atoms with Gasteiger partial charge in [0, 0.05) is 28.8 Å². The van der Waals surface area contributed by atoms with Crippen molar-refractivity contribution >= 4 is 17.7 Å². The molecule has 0 spiro atoms. The van der Waals surface area contributed by atoms with Gasteiger partial charge in [-0.25, -0.2) is 17.6 Å². The van der Waals surface area contributed by atoms with Gasteiger partial charge in [-0.05, 0) is 70.7 Å². The average Bonchev–Trinajstić information content (AvgIpc) is 3.53. The molecule has 1 aliphatic carbocycles. The summed E-state index contributed by atoms with van der Waals surface area (Å²) in [5.41, 5.74) is -1.40. The topological polar surface area (TPSA) is 78.5 Å². The molecule has 0 radical (unpaired) electrons. The van der Waals surface area contributed by atoms with Crippen molar-refractivity contribution in [3.05, 3.63) is 70.3 Å². The summed E-state index contributed by atoms with van der Waals surface area (Å²) >= 11 is 0. The largest absolute Gasteiger partial charge is 0.347 e. The highest BCUT2D eigenvalue weighted by molar-refractivity contribution is 6.00. The van der Waals surface area contributed by atoms with E-state index in [1.165, 1.54) is 12.1 Å². The van der Waals surface area contributed by atoms with E-state index in [1.807, 2.05) is 13.8 Å². The van der Waals surface area contributed by atoms with Gasteiger partial charge in [-0.1, -0.05) is 6.07 Å². The maximum absolute atomic E-state index is 15.0. The van der Waals surface area contributed by atoms with Gasteiger partial charge in [0.2, 0.25) is 5.91 Å². The number of amides is 3. The van der Waals surface area contributed by atoms with E-state index in [0.29, 0.717) is 12.1 Å². The van der Waals surface area contributed by atoms with Gasteiger partial charge in [0.15, 0.2) is 17.5 Å². The van der Waals surface area contributed by atoms with Crippen LogP contribution in [0.3, 0.4) is 0 Å². The van der Waals surface area contributed by atoms with Crippen LogP contribution in [0.4, 0.5) is 17.6 Å². The maximum Gasteiger partial charge on any atom is 0.254 e. The molecule has 10 heteroatoms. The molecular formula is C26H27F4N3O3. The van der Waals surface area contributed by atoms with Gasteiger partial charge in [-0.3, -0.25) is 14.4 Å². The summed E-state index contributed by atoms with van der Waals surface area (Å²) in [6.07, 6.45) is 2.32. The highest BCUT2D eigenvalue weighted by Crippen LogP contribution is 2.37. The monoisotopic (exact) mass is 505 g/mol. The molecular weight excluding hydrogens is 478 g/mol. The zero-order valence-corrected chi connectivity index (χ0v) is 20.1. The van der Waals surface area contributed by atoms with E-state index >= 15 is 0 Å². The van der Waals surface area contributed by atoms with Gasteiger partial charge in [-0.2, -0.15) is 0 Å². The Kier molecular flexibility index (Phi) is 6.81. The molecule has 36 heavy (non-hydrogen) atoms. The summed E-state index contributed by atoms with van der Waals surface area (Å²) in [6, 6.07) is 4.57. The minimum Gasteiger partial charge on any atom is -0.347 e. The fraction of sp³-hybridized carbons (Fsp3) is 0.423. The second kappa shape index (κ2) is 9.55. The van der Waals surface area contributed by atoms with Gasteiger partial charge in [0.05, 0.1) is 6.04 Å². The Labute approximate surface area is 206 Å². The Morgan fingerprint density at radius 3 is 2.00 bits per heavy atom. The number of hydrogen-bond donors (Lipinski definition) is 2. The van der Waals surface area contributed by atoms with Crippen molar-refractivity contribution in [2.75, 3.05) is 0 Å². The van der Waals surface area contributed by atoms with E-state index in [0.717, 1.165) is 18.9 Å². The molecule has 4 rings (SSSR count). The standard InChI is InChI=1S/C26H27F4N3O3/c1-13-4-5-14(2)33(13)24(35)16-6-7-18(19(27)10-16)15(3)31-25(36)26(8-9-26)32-23(34)17-11-20(28)22(30)21(29)12-17/h6-7,10-15H,4-5,8-9H2,1-3H3,(H,31,36)(H,32,34)/t13-,14+,15-/m1/s1. The van der Waals surface area contributed by atoms with Crippen molar-refractivity contribution in [1.82, 2.24) is 15.5 Å². The molecule has 1 aliphatic heterocycles. The van der Waals surface area contributed by atoms with E-state index in [-0.39, 0.29) is 42.0 Å². The van der Waals surface area contributed by atoms with Crippen LogP contribution in [-0.2, 0) is 4.79 Å². The normalized spacial score (nSPS) is 21.1. The summed E-state index contributed by atoms with van der Waals surface area (Å²) in [7, 11) is 0. The van der Waals surface area contributed by atoms with Crippen LogP contribution in [0.15, 0.2) is 30.3 Å². The maximum atomic E-state index is 15.0. The smallest absolute Gasteiger partial charge is 0.254 e. The first kappa shape index (κ1) is 25.7. The lowest BCUT2D eigenvalue weighted by atomic mass is 10.0. The molecule has 1 saturated carbocycles. The zero-order valence-electron chi connectivity index (χ0n) is 20.1. The van der Waals surface area contributed by atoms with Gasteiger partial charge < -0.3 is 15.5 Å². The summed E-state index contributed by atoms with van der Waals surface area (Å²) in [6.45, 7) is 5.48.